The topological polar surface area (TPSA) is 68.3 Å². The lowest BCUT2D eigenvalue weighted by Crippen LogP contribution is -2.40. The molecule has 1 heterocycles. The first-order valence-electron chi connectivity index (χ1n) is 10.4. The Balaban J connectivity index is 1.51. The number of esters is 1. The second-order valence-electron chi connectivity index (χ2n) is 8.08. The number of ether oxygens (including phenoxy) is 1. The van der Waals surface area contributed by atoms with Gasteiger partial charge in [-0.3, -0.25) is 9.59 Å². The maximum absolute atomic E-state index is 13.2. The minimum atomic E-state index is -0.928. The average molecular weight is 423 g/mol. The fraction of sp³-hybridized carbons (Fsp3) is 0.375. The van der Waals surface area contributed by atoms with Crippen LogP contribution in [0.25, 0.3) is 10.2 Å². The highest BCUT2D eigenvalue weighted by molar-refractivity contribution is 7.18. The molecule has 1 aromatic heterocycles. The predicted octanol–water partition coefficient (Wildman–Crippen LogP) is 4.40. The SMILES string of the molecule is C[C@](Cc1nc2ccccc2s1)(C(=O)OCC(=O)NC1CCCC1)c1ccccc1. The van der Waals surface area contributed by atoms with Crippen molar-refractivity contribution in [1.29, 1.82) is 0 Å². The van der Waals surface area contributed by atoms with Crippen molar-refractivity contribution in [3.05, 3.63) is 65.2 Å². The van der Waals surface area contributed by atoms with Gasteiger partial charge in [0.2, 0.25) is 0 Å². The molecule has 2 aromatic carbocycles. The van der Waals surface area contributed by atoms with Crippen LogP contribution in [0.3, 0.4) is 0 Å². The molecule has 1 atom stereocenters. The van der Waals surface area contributed by atoms with Gasteiger partial charge in [-0.2, -0.15) is 0 Å². The van der Waals surface area contributed by atoms with E-state index in [-0.39, 0.29) is 18.6 Å². The van der Waals surface area contributed by atoms with E-state index < -0.39 is 11.4 Å². The zero-order chi connectivity index (χ0) is 21.0. The zero-order valence-corrected chi connectivity index (χ0v) is 17.9. The van der Waals surface area contributed by atoms with Crippen molar-refractivity contribution in [2.24, 2.45) is 0 Å². The number of hydrogen-bond donors (Lipinski definition) is 1. The van der Waals surface area contributed by atoms with Crippen molar-refractivity contribution in [3.8, 4) is 0 Å². The number of hydrogen-bond acceptors (Lipinski definition) is 5. The molecule has 1 aliphatic carbocycles. The van der Waals surface area contributed by atoms with Crippen molar-refractivity contribution in [1.82, 2.24) is 10.3 Å². The van der Waals surface area contributed by atoms with E-state index in [0.29, 0.717) is 6.42 Å². The van der Waals surface area contributed by atoms with Gasteiger partial charge in [-0.1, -0.05) is 55.3 Å². The maximum Gasteiger partial charge on any atom is 0.317 e. The van der Waals surface area contributed by atoms with Crippen LogP contribution >= 0.6 is 11.3 Å². The first kappa shape index (κ1) is 20.5. The van der Waals surface area contributed by atoms with E-state index in [4.69, 9.17) is 9.72 Å². The Hall–Kier alpha value is -2.73. The lowest BCUT2D eigenvalue weighted by molar-refractivity contribution is -0.154. The lowest BCUT2D eigenvalue weighted by Gasteiger charge is -2.27. The van der Waals surface area contributed by atoms with Gasteiger partial charge in [-0.15, -0.1) is 11.3 Å². The molecule has 5 nitrogen and oxygen atoms in total. The number of fused-ring (bicyclic) bond motifs is 1. The first-order chi connectivity index (χ1) is 14.5. The van der Waals surface area contributed by atoms with Gasteiger partial charge in [0.1, 0.15) is 0 Å². The van der Waals surface area contributed by atoms with Gasteiger partial charge >= 0.3 is 5.97 Å². The van der Waals surface area contributed by atoms with Crippen LogP contribution < -0.4 is 5.32 Å². The Labute approximate surface area is 180 Å². The standard InChI is InChI=1S/C24H26N2O3S/c1-24(17-9-3-2-4-10-17,15-22-26-19-13-7-8-14-20(19)30-22)23(28)29-16-21(27)25-18-11-5-6-12-18/h2-4,7-10,13-14,18H,5-6,11-12,15-16H2,1H3,(H,25,27)/t24-/m1/s1. The Morgan fingerprint density at radius 2 is 1.80 bits per heavy atom. The molecule has 0 unspecified atom stereocenters. The summed E-state index contributed by atoms with van der Waals surface area (Å²) in [5.41, 5.74) is 0.852. The van der Waals surface area contributed by atoms with Gasteiger partial charge < -0.3 is 10.1 Å². The summed E-state index contributed by atoms with van der Waals surface area (Å²) in [6, 6.07) is 17.7. The lowest BCUT2D eigenvalue weighted by atomic mass is 9.79. The van der Waals surface area contributed by atoms with Crippen LogP contribution in [0.15, 0.2) is 54.6 Å². The van der Waals surface area contributed by atoms with Crippen LogP contribution in [-0.2, 0) is 26.2 Å². The van der Waals surface area contributed by atoms with E-state index in [1.807, 2.05) is 61.5 Å². The molecule has 1 saturated carbocycles. The molecule has 4 rings (SSSR count). The largest absolute Gasteiger partial charge is 0.455 e. The van der Waals surface area contributed by atoms with Crippen LogP contribution in [0.2, 0.25) is 0 Å². The summed E-state index contributed by atoms with van der Waals surface area (Å²) in [4.78, 5) is 30.1. The van der Waals surface area contributed by atoms with E-state index in [9.17, 15) is 9.59 Å². The van der Waals surface area contributed by atoms with Crippen LogP contribution in [0.5, 0.6) is 0 Å². The fourth-order valence-electron chi connectivity index (χ4n) is 4.03. The normalized spacial score (nSPS) is 16.3. The number of aromatic nitrogens is 1. The van der Waals surface area contributed by atoms with Gasteiger partial charge in [0, 0.05) is 12.5 Å². The first-order valence-corrected chi connectivity index (χ1v) is 11.2. The molecule has 0 saturated heterocycles. The molecule has 0 radical (unpaired) electrons. The molecule has 30 heavy (non-hydrogen) atoms. The summed E-state index contributed by atoms with van der Waals surface area (Å²) in [5, 5.41) is 3.84. The maximum atomic E-state index is 13.2. The molecule has 6 heteroatoms. The number of benzene rings is 2. The Morgan fingerprint density at radius 3 is 2.53 bits per heavy atom. The summed E-state index contributed by atoms with van der Waals surface area (Å²) in [7, 11) is 0. The van der Waals surface area contributed by atoms with Crippen LogP contribution in [0.4, 0.5) is 0 Å². The highest BCUT2D eigenvalue weighted by Gasteiger charge is 2.38. The monoisotopic (exact) mass is 422 g/mol. The second-order valence-corrected chi connectivity index (χ2v) is 9.19. The molecule has 1 N–H and O–H groups in total. The van der Waals surface area contributed by atoms with Crippen molar-refractivity contribution in [2.75, 3.05) is 6.61 Å². The van der Waals surface area contributed by atoms with E-state index in [1.165, 1.54) is 0 Å². The minimum Gasteiger partial charge on any atom is -0.455 e. The molecule has 0 spiro atoms. The zero-order valence-electron chi connectivity index (χ0n) is 17.1. The predicted molar refractivity (Wildman–Crippen MR) is 118 cm³/mol. The minimum absolute atomic E-state index is 0.208. The molecule has 0 aliphatic heterocycles. The van der Waals surface area contributed by atoms with E-state index in [1.54, 1.807) is 11.3 Å². The smallest absolute Gasteiger partial charge is 0.317 e. The number of nitrogens with zero attached hydrogens (tertiary/aromatic N) is 1. The van der Waals surface area contributed by atoms with Gasteiger partial charge in [-0.25, -0.2) is 4.98 Å². The number of nitrogens with one attached hydrogen (secondary N) is 1. The number of carbonyl (C=O) groups is 2. The number of rotatable bonds is 7. The fourth-order valence-corrected chi connectivity index (χ4v) is 5.15. The molecule has 1 fully saturated rings. The highest BCUT2D eigenvalue weighted by Crippen LogP contribution is 2.33. The van der Waals surface area contributed by atoms with E-state index in [2.05, 4.69) is 5.32 Å². The molecular weight excluding hydrogens is 396 g/mol. The molecule has 3 aromatic rings. The Kier molecular flexibility index (Phi) is 6.13. The van der Waals surface area contributed by atoms with Gasteiger partial charge in [-0.05, 0) is 37.5 Å². The van der Waals surface area contributed by atoms with E-state index >= 15 is 0 Å². The summed E-state index contributed by atoms with van der Waals surface area (Å²) in [6.45, 7) is 1.61. The summed E-state index contributed by atoms with van der Waals surface area (Å²) < 4.78 is 6.60. The second kappa shape index (κ2) is 8.96. The summed E-state index contributed by atoms with van der Waals surface area (Å²) in [6.07, 6.45) is 4.69. The molecule has 1 aliphatic rings. The molecular formula is C24H26N2O3S. The Morgan fingerprint density at radius 1 is 1.10 bits per heavy atom. The van der Waals surface area contributed by atoms with Crippen LogP contribution in [0.1, 0.15) is 43.2 Å². The number of carbonyl (C=O) groups excluding carboxylic acids is 2. The van der Waals surface area contributed by atoms with Crippen molar-refractivity contribution >= 4 is 33.4 Å². The average Bonchev–Trinajstić information content (AvgIpc) is 3.41. The van der Waals surface area contributed by atoms with Crippen LogP contribution in [0, 0.1) is 0 Å². The van der Waals surface area contributed by atoms with Crippen molar-refractivity contribution in [2.45, 2.75) is 50.5 Å². The summed E-state index contributed by atoms with van der Waals surface area (Å²) >= 11 is 1.58. The van der Waals surface area contributed by atoms with E-state index in [0.717, 1.165) is 46.5 Å². The van der Waals surface area contributed by atoms with Gasteiger partial charge in [0.15, 0.2) is 6.61 Å². The van der Waals surface area contributed by atoms with Gasteiger partial charge in [0.25, 0.3) is 5.91 Å². The van der Waals surface area contributed by atoms with Crippen LogP contribution in [-0.4, -0.2) is 29.5 Å². The van der Waals surface area contributed by atoms with Gasteiger partial charge in [0.05, 0.1) is 20.6 Å². The third-order valence-corrected chi connectivity index (χ3v) is 6.80. The summed E-state index contributed by atoms with van der Waals surface area (Å²) in [5.74, 6) is -0.639. The Bertz CT molecular complexity index is 994. The number of para-hydroxylation sites is 1. The number of amides is 1. The molecule has 1 amide bonds. The van der Waals surface area contributed by atoms with Crippen molar-refractivity contribution in [3.63, 3.8) is 0 Å². The quantitative estimate of drug-likeness (QED) is 0.573. The third-order valence-electron chi connectivity index (χ3n) is 5.76. The van der Waals surface area contributed by atoms with Crippen molar-refractivity contribution < 1.29 is 14.3 Å². The molecule has 156 valence electrons. The highest BCUT2D eigenvalue weighted by atomic mass is 32.1. The molecule has 0 bridgehead atoms. The third kappa shape index (κ3) is 4.54. The number of thiazole rings is 1.